The van der Waals surface area contributed by atoms with E-state index in [0.717, 1.165) is 51.3 Å². The number of nitrogens with zero attached hydrogens (tertiary/aromatic N) is 3. The Morgan fingerprint density at radius 1 is 1.00 bits per heavy atom. The molecule has 2 heterocycles. The van der Waals surface area contributed by atoms with Crippen LogP contribution in [0.2, 0.25) is 0 Å². The van der Waals surface area contributed by atoms with Crippen molar-refractivity contribution < 1.29 is 17.9 Å². The first kappa shape index (κ1) is 19.7. The predicted molar refractivity (Wildman–Crippen MR) is 105 cm³/mol. The molecule has 0 saturated carbocycles. The Labute approximate surface area is 167 Å². The van der Waals surface area contributed by atoms with Crippen molar-refractivity contribution in [2.24, 2.45) is 0 Å². The molecule has 0 aliphatic carbocycles. The molecule has 1 aliphatic heterocycles. The van der Waals surface area contributed by atoms with Crippen molar-refractivity contribution in [3.63, 3.8) is 0 Å². The van der Waals surface area contributed by atoms with Gasteiger partial charge in [-0.3, -0.25) is 0 Å². The second-order valence-corrected chi connectivity index (χ2v) is 7.36. The molecule has 154 valence electrons. The van der Waals surface area contributed by atoms with E-state index >= 15 is 0 Å². The Bertz CT molecular complexity index is 960. The first-order valence-electron chi connectivity index (χ1n) is 9.68. The van der Waals surface area contributed by atoms with E-state index in [1.54, 1.807) is 12.1 Å². The standard InChI is InChI=1S/C21H23F3N4O/c1-27-6-8-28(9-7-27)5-2-10-29-20-4-3-14(11-17(20)24)21-25-18-12-15(22)16(23)13-19(18)26-21/h3-4,11-13H,2,5-10H2,1H3,(H,25,26). The lowest BCUT2D eigenvalue weighted by Gasteiger charge is -2.32. The summed E-state index contributed by atoms with van der Waals surface area (Å²) in [6.45, 7) is 5.59. The second kappa shape index (κ2) is 8.42. The Morgan fingerprint density at radius 2 is 1.76 bits per heavy atom. The van der Waals surface area contributed by atoms with Crippen LogP contribution < -0.4 is 4.74 Å². The number of ether oxygens (including phenoxy) is 1. The number of aromatic amines is 1. The molecule has 0 spiro atoms. The predicted octanol–water partition coefficient (Wildman–Crippen LogP) is 3.66. The number of rotatable bonds is 6. The third kappa shape index (κ3) is 4.54. The van der Waals surface area contributed by atoms with E-state index in [1.165, 1.54) is 6.07 Å². The Kier molecular flexibility index (Phi) is 5.73. The second-order valence-electron chi connectivity index (χ2n) is 7.36. The summed E-state index contributed by atoms with van der Waals surface area (Å²) in [5.74, 6) is -1.91. The summed E-state index contributed by atoms with van der Waals surface area (Å²) in [7, 11) is 2.12. The number of H-pyrrole nitrogens is 1. The van der Waals surface area contributed by atoms with E-state index in [1.807, 2.05) is 0 Å². The normalized spacial score (nSPS) is 15.9. The minimum absolute atomic E-state index is 0.181. The van der Waals surface area contributed by atoms with Gasteiger partial charge in [-0.25, -0.2) is 18.2 Å². The highest BCUT2D eigenvalue weighted by molar-refractivity contribution is 5.79. The molecule has 0 radical (unpaired) electrons. The molecule has 1 N–H and O–H groups in total. The number of piperazine rings is 1. The van der Waals surface area contributed by atoms with Crippen molar-refractivity contribution in [1.82, 2.24) is 19.8 Å². The van der Waals surface area contributed by atoms with Gasteiger partial charge in [0, 0.05) is 50.4 Å². The van der Waals surface area contributed by atoms with E-state index in [2.05, 4.69) is 26.8 Å². The van der Waals surface area contributed by atoms with Gasteiger partial charge in [0.05, 0.1) is 17.6 Å². The number of nitrogens with one attached hydrogen (secondary N) is 1. The molecule has 2 aromatic carbocycles. The fraction of sp³-hybridized carbons (Fsp3) is 0.381. The number of benzene rings is 2. The fourth-order valence-corrected chi connectivity index (χ4v) is 3.45. The quantitative estimate of drug-likeness (QED) is 0.637. The lowest BCUT2D eigenvalue weighted by molar-refractivity contribution is 0.145. The average Bonchev–Trinajstić information content (AvgIpc) is 3.10. The first-order valence-corrected chi connectivity index (χ1v) is 9.68. The van der Waals surface area contributed by atoms with Crippen LogP contribution in [0.1, 0.15) is 6.42 Å². The van der Waals surface area contributed by atoms with Crippen LogP contribution in [0.3, 0.4) is 0 Å². The SMILES string of the molecule is CN1CCN(CCCOc2ccc(-c3nc4cc(F)c(F)cc4[nH]3)cc2F)CC1. The van der Waals surface area contributed by atoms with Crippen LogP contribution in [0.15, 0.2) is 30.3 Å². The minimum atomic E-state index is -0.970. The smallest absolute Gasteiger partial charge is 0.165 e. The number of imidazole rings is 1. The Hall–Kier alpha value is -2.58. The van der Waals surface area contributed by atoms with Crippen molar-refractivity contribution in [3.8, 4) is 17.1 Å². The summed E-state index contributed by atoms with van der Waals surface area (Å²) in [4.78, 5) is 11.8. The third-order valence-corrected chi connectivity index (χ3v) is 5.20. The number of hydrogen-bond donors (Lipinski definition) is 1. The van der Waals surface area contributed by atoms with Crippen LogP contribution in [-0.4, -0.2) is 66.1 Å². The Balaban J connectivity index is 1.36. The molecule has 1 aromatic heterocycles. The molecule has 0 amide bonds. The first-order chi connectivity index (χ1) is 14.0. The lowest BCUT2D eigenvalue weighted by Crippen LogP contribution is -2.44. The van der Waals surface area contributed by atoms with Crippen molar-refractivity contribution in [2.45, 2.75) is 6.42 Å². The third-order valence-electron chi connectivity index (χ3n) is 5.20. The van der Waals surface area contributed by atoms with Gasteiger partial charge >= 0.3 is 0 Å². The van der Waals surface area contributed by atoms with Gasteiger partial charge < -0.3 is 19.5 Å². The molecule has 29 heavy (non-hydrogen) atoms. The summed E-state index contributed by atoms with van der Waals surface area (Å²) >= 11 is 0. The number of aromatic nitrogens is 2. The molecule has 5 nitrogen and oxygen atoms in total. The highest BCUT2D eigenvalue weighted by Gasteiger charge is 2.14. The van der Waals surface area contributed by atoms with Gasteiger partial charge in [-0.05, 0) is 31.7 Å². The number of halogens is 3. The van der Waals surface area contributed by atoms with Crippen molar-refractivity contribution in [1.29, 1.82) is 0 Å². The maximum Gasteiger partial charge on any atom is 0.165 e. The summed E-state index contributed by atoms with van der Waals surface area (Å²) in [5.41, 5.74) is 1.11. The molecular weight excluding hydrogens is 381 g/mol. The van der Waals surface area contributed by atoms with Gasteiger partial charge in [0.1, 0.15) is 5.82 Å². The molecule has 0 unspecified atom stereocenters. The lowest BCUT2D eigenvalue weighted by atomic mass is 10.2. The maximum atomic E-state index is 14.4. The van der Waals surface area contributed by atoms with Crippen LogP contribution >= 0.6 is 0 Å². The summed E-state index contributed by atoms with van der Waals surface area (Å²) in [5, 5.41) is 0. The van der Waals surface area contributed by atoms with Gasteiger partial charge in [0.2, 0.25) is 0 Å². The molecule has 0 bridgehead atoms. The number of fused-ring (bicyclic) bond motifs is 1. The van der Waals surface area contributed by atoms with Crippen molar-refractivity contribution in [3.05, 3.63) is 47.8 Å². The zero-order valence-electron chi connectivity index (χ0n) is 16.2. The Morgan fingerprint density at radius 3 is 2.52 bits per heavy atom. The zero-order valence-corrected chi connectivity index (χ0v) is 16.2. The van der Waals surface area contributed by atoms with E-state index in [9.17, 15) is 13.2 Å². The molecular formula is C21H23F3N4O. The molecule has 4 rings (SSSR count). The van der Waals surface area contributed by atoms with E-state index in [4.69, 9.17) is 4.74 Å². The monoisotopic (exact) mass is 404 g/mol. The molecule has 1 aliphatic rings. The van der Waals surface area contributed by atoms with Crippen LogP contribution in [-0.2, 0) is 0 Å². The van der Waals surface area contributed by atoms with E-state index in [0.29, 0.717) is 23.5 Å². The van der Waals surface area contributed by atoms with Crippen LogP contribution in [0, 0.1) is 17.5 Å². The maximum absolute atomic E-state index is 14.4. The molecule has 8 heteroatoms. The van der Waals surface area contributed by atoms with Gasteiger partial charge in [0.25, 0.3) is 0 Å². The fourth-order valence-electron chi connectivity index (χ4n) is 3.45. The summed E-state index contributed by atoms with van der Waals surface area (Å²) < 4.78 is 46.7. The van der Waals surface area contributed by atoms with Gasteiger partial charge in [-0.1, -0.05) is 0 Å². The summed E-state index contributed by atoms with van der Waals surface area (Å²) in [6.07, 6.45) is 0.825. The largest absolute Gasteiger partial charge is 0.490 e. The van der Waals surface area contributed by atoms with E-state index in [-0.39, 0.29) is 11.3 Å². The van der Waals surface area contributed by atoms with Gasteiger partial charge in [0.15, 0.2) is 23.2 Å². The highest BCUT2D eigenvalue weighted by atomic mass is 19.2. The van der Waals surface area contributed by atoms with Crippen molar-refractivity contribution >= 4 is 11.0 Å². The number of likely N-dealkylation sites (N-methyl/N-ethyl adjacent to an activating group) is 1. The van der Waals surface area contributed by atoms with Gasteiger partial charge in [-0.15, -0.1) is 0 Å². The molecule has 3 aromatic rings. The van der Waals surface area contributed by atoms with Crippen LogP contribution in [0.25, 0.3) is 22.4 Å². The van der Waals surface area contributed by atoms with Gasteiger partial charge in [-0.2, -0.15) is 0 Å². The van der Waals surface area contributed by atoms with E-state index < -0.39 is 17.5 Å². The minimum Gasteiger partial charge on any atom is -0.490 e. The van der Waals surface area contributed by atoms with Crippen LogP contribution in [0.5, 0.6) is 5.75 Å². The summed E-state index contributed by atoms with van der Waals surface area (Å²) in [6, 6.07) is 6.58. The topological polar surface area (TPSA) is 44.4 Å². The zero-order chi connectivity index (χ0) is 20.4. The average molecular weight is 404 g/mol. The molecule has 0 atom stereocenters. The number of hydrogen-bond acceptors (Lipinski definition) is 4. The molecule has 1 saturated heterocycles. The van der Waals surface area contributed by atoms with Crippen molar-refractivity contribution in [2.75, 3.05) is 46.4 Å². The highest BCUT2D eigenvalue weighted by Crippen LogP contribution is 2.26. The van der Waals surface area contributed by atoms with Crippen LogP contribution in [0.4, 0.5) is 13.2 Å². The molecule has 1 fully saturated rings.